The lowest BCUT2D eigenvalue weighted by molar-refractivity contribution is -0.116. The van der Waals surface area contributed by atoms with Crippen LogP contribution in [0.5, 0.6) is 0 Å². The van der Waals surface area contributed by atoms with Gasteiger partial charge in [0.05, 0.1) is 30.0 Å². The average Bonchev–Trinajstić information content (AvgIpc) is 2.80. The van der Waals surface area contributed by atoms with Gasteiger partial charge in [-0.3, -0.25) is 4.79 Å². The smallest absolute Gasteiger partial charge is 0.223 e. The molecule has 7 heteroatoms. The number of thioether (sulfide) groups is 1. The van der Waals surface area contributed by atoms with Crippen LogP contribution >= 0.6 is 11.8 Å². The Balaban J connectivity index is 2.35. The Hall–Kier alpha value is -1.89. The van der Waals surface area contributed by atoms with Crippen LogP contribution < -0.4 is 4.90 Å². The molecular formula is C12H15N5OS. The number of nitrogens with zero attached hydrogens (tertiary/aromatic N) is 5. The van der Waals surface area contributed by atoms with Gasteiger partial charge in [0, 0.05) is 14.0 Å². The van der Waals surface area contributed by atoms with E-state index in [0.717, 1.165) is 17.1 Å². The third kappa shape index (κ3) is 2.76. The van der Waals surface area contributed by atoms with E-state index in [9.17, 15) is 4.79 Å². The molecule has 6 nitrogen and oxygen atoms in total. The van der Waals surface area contributed by atoms with Crippen molar-refractivity contribution < 1.29 is 4.79 Å². The lowest BCUT2D eigenvalue weighted by atomic mass is 10.3. The van der Waals surface area contributed by atoms with Crippen LogP contribution in [0.25, 0.3) is 5.69 Å². The summed E-state index contributed by atoms with van der Waals surface area (Å²) in [5.74, 6) is -0.0309. The molecule has 100 valence electrons. The summed E-state index contributed by atoms with van der Waals surface area (Å²) in [5, 5.41) is 5.09. The molecule has 19 heavy (non-hydrogen) atoms. The average molecular weight is 277 g/mol. The maximum Gasteiger partial charge on any atom is 0.223 e. The van der Waals surface area contributed by atoms with Crippen LogP contribution in [-0.4, -0.2) is 39.0 Å². The second-order valence-corrected chi connectivity index (χ2v) is 4.82. The number of aryl methyl sites for hydroxylation is 1. The summed E-state index contributed by atoms with van der Waals surface area (Å²) >= 11 is 1.49. The van der Waals surface area contributed by atoms with Gasteiger partial charge in [-0.1, -0.05) is 11.8 Å². The van der Waals surface area contributed by atoms with Gasteiger partial charge in [0.1, 0.15) is 5.69 Å². The molecule has 0 aliphatic rings. The van der Waals surface area contributed by atoms with Gasteiger partial charge in [0.15, 0.2) is 5.16 Å². The molecule has 0 aliphatic heterocycles. The molecule has 0 atom stereocenters. The molecule has 0 unspecified atom stereocenters. The molecule has 2 heterocycles. The van der Waals surface area contributed by atoms with E-state index in [1.54, 1.807) is 35.2 Å². The molecule has 2 aromatic heterocycles. The van der Waals surface area contributed by atoms with Crippen molar-refractivity contribution in [1.29, 1.82) is 0 Å². The van der Waals surface area contributed by atoms with E-state index < -0.39 is 0 Å². The summed E-state index contributed by atoms with van der Waals surface area (Å²) in [4.78, 5) is 21.4. The van der Waals surface area contributed by atoms with Gasteiger partial charge < -0.3 is 4.90 Å². The Bertz CT molecular complexity index is 593. The zero-order valence-corrected chi connectivity index (χ0v) is 12.1. The molecule has 0 fully saturated rings. The SMILES string of the molecule is CSc1ncc(-n2cc(N(C)C(C)=O)c(C)n2)cn1. The van der Waals surface area contributed by atoms with Gasteiger partial charge in [-0.05, 0) is 13.2 Å². The maximum absolute atomic E-state index is 11.4. The fourth-order valence-electron chi connectivity index (χ4n) is 1.62. The molecule has 0 bridgehead atoms. The Labute approximate surface area is 115 Å². The van der Waals surface area contributed by atoms with Crippen LogP contribution in [0.3, 0.4) is 0 Å². The summed E-state index contributed by atoms with van der Waals surface area (Å²) in [6.07, 6.45) is 7.15. The van der Waals surface area contributed by atoms with E-state index in [4.69, 9.17) is 0 Å². The Morgan fingerprint density at radius 3 is 2.53 bits per heavy atom. The predicted octanol–water partition coefficient (Wildman–Crippen LogP) is 1.68. The first kappa shape index (κ1) is 13.5. The van der Waals surface area contributed by atoms with Crippen LogP contribution in [0.1, 0.15) is 12.6 Å². The molecule has 2 rings (SSSR count). The number of carbonyl (C=O) groups excluding carboxylic acids is 1. The molecule has 1 amide bonds. The fraction of sp³-hybridized carbons (Fsp3) is 0.333. The van der Waals surface area contributed by atoms with E-state index in [-0.39, 0.29) is 5.91 Å². The van der Waals surface area contributed by atoms with Crippen LogP contribution in [-0.2, 0) is 4.79 Å². The largest absolute Gasteiger partial charge is 0.313 e. The minimum Gasteiger partial charge on any atom is -0.313 e. The lowest BCUT2D eigenvalue weighted by Gasteiger charge is -2.12. The van der Waals surface area contributed by atoms with Crippen molar-refractivity contribution in [2.24, 2.45) is 0 Å². The van der Waals surface area contributed by atoms with Gasteiger partial charge in [-0.2, -0.15) is 5.10 Å². The van der Waals surface area contributed by atoms with Crippen molar-refractivity contribution in [3.8, 4) is 5.69 Å². The number of rotatable bonds is 3. The van der Waals surface area contributed by atoms with E-state index in [1.807, 2.05) is 13.2 Å². The van der Waals surface area contributed by atoms with Gasteiger partial charge >= 0.3 is 0 Å². The topological polar surface area (TPSA) is 63.9 Å². The molecule has 0 saturated heterocycles. The number of aromatic nitrogens is 4. The molecule has 0 aliphatic carbocycles. The number of carbonyl (C=O) groups is 1. The molecule has 0 aromatic carbocycles. The van der Waals surface area contributed by atoms with Gasteiger partial charge in [-0.15, -0.1) is 0 Å². The maximum atomic E-state index is 11.4. The fourth-order valence-corrected chi connectivity index (χ4v) is 1.93. The second kappa shape index (κ2) is 5.40. The van der Waals surface area contributed by atoms with E-state index in [1.165, 1.54) is 18.7 Å². The highest BCUT2D eigenvalue weighted by Gasteiger charge is 2.13. The zero-order chi connectivity index (χ0) is 14.0. The highest BCUT2D eigenvalue weighted by atomic mass is 32.2. The van der Waals surface area contributed by atoms with Gasteiger partial charge in [-0.25, -0.2) is 14.6 Å². The third-order valence-corrected chi connectivity index (χ3v) is 3.34. The molecule has 0 radical (unpaired) electrons. The van der Waals surface area contributed by atoms with Crippen molar-refractivity contribution in [2.45, 2.75) is 19.0 Å². The summed E-state index contributed by atoms with van der Waals surface area (Å²) in [6, 6.07) is 0. The highest BCUT2D eigenvalue weighted by Crippen LogP contribution is 2.20. The summed E-state index contributed by atoms with van der Waals surface area (Å²) in [7, 11) is 1.73. The van der Waals surface area contributed by atoms with E-state index >= 15 is 0 Å². The third-order valence-electron chi connectivity index (χ3n) is 2.77. The summed E-state index contributed by atoms with van der Waals surface area (Å²) in [5.41, 5.74) is 2.33. The normalized spacial score (nSPS) is 10.5. The monoisotopic (exact) mass is 277 g/mol. The quantitative estimate of drug-likeness (QED) is 0.631. The Morgan fingerprint density at radius 2 is 2.00 bits per heavy atom. The van der Waals surface area contributed by atoms with Crippen LogP contribution in [0.2, 0.25) is 0 Å². The van der Waals surface area contributed by atoms with E-state index in [2.05, 4.69) is 15.1 Å². The highest BCUT2D eigenvalue weighted by molar-refractivity contribution is 7.98. The molecule has 0 N–H and O–H groups in total. The number of anilines is 1. The standard InChI is InChI=1S/C12H15N5OS/c1-8-11(16(3)9(2)18)7-17(15-8)10-5-13-12(19-4)14-6-10/h5-7H,1-4H3. The van der Waals surface area contributed by atoms with Crippen molar-refractivity contribution in [3.05, 3.63) is 24.3 Å². The minimum absolute atomic E-state index is 0.0309. The van der Waals surface area contributed by atoms with Crippen LogP contribution in [0.15, 0.2) is 23.7 Å². The summed E-state index contributed by atoms with van der Waals surface area (Å²) in [6.45, 7) is 3.38. The molecule has 2 aromatic rings. The Kier molecular flexibility index (Phi) is 3.84. The molecular weight excluding hydrogens is 262 g/mol. The minimum atomic E-state index is -0.0309. The van der Waals surface area contributed by atoms with Gasteiger partial charge in [0.2, 0.25) is 5.91 Å². The second-order valence-electron chi connectivity index (χ2n) is 4.05. The van der Waals surface area contributed by atoms with Gasteiger partial charge in [0.25, 0.3) is 0 Å². The Morgan fingerprint density at radius 1 is 1.37 bits per heavy atom. The molecule has 0 saturated carbocycles. The number of amides is 1. The van der Waals surface area contributed by atoms with Crippen molar-refractivity contribution in [1.82, 2.24) is 19.7 Å². The number of hydrogen-bond acceptors (Lipinski definition) is 5. The predicted molar refractivity (Wildman–Crippen MR) is 74.8 cm³/mol. The zero-order valence-electron chi connectivity index (χ0n) is 11.3. The van der Waals surface area contributed by atoms with Crippen molar-refractivity contribution in [2.75, 3.05) is 18.2 Å². The first-order chi connectivity index (χ1) is 9.02. The molecule has 0 spiro atoms. The first-order valence-corrected chi connectivity index (χ1v) is 6.92. The van der Waals surface area contributed by atoms with Crippen molar-refractivity contribution >= 4 is 23.4 Å². The van der Waals surface area contributed by atoms with Crippen molar-refractivity contribution in [3.63, 3.8) is 0 Å². The van der Waals surface area contributed by atoms with Crippen LogP contribution in [0, 0.1) is 6.92 Å². The first-order valence-electron chi connectivity index (χ1n) is 5.70. The van der Waals surface area contributed by atoms with Crippen LogP contribution in [0.4, 0.5) is 5.69 Å². The summed E-state index contributed by atoms with van der Waals surface area (Å²) < 4.78 is 1.67. The lowest BCUT2D eigenvalue weighted by Crippen LogP contribution is -2.22. The number of hydrogen-bond donors (Lipinski definition) is 0. The van der Waals surface area contributed by atoms with E-state index in [0.29, 0.717) is 5.16 Å².